The summed E-state index contributed by atoms with van der Waals surface area (Å²) in [5, 5.41) is 0. The summed E-state index contributed by atoms with van der Waals surface area (Å²) in [6, 6.07) is 6.95. The zero-order valence-corrected chi connectivity index (χ0v) is 17.6. The number of anilines is 2. The maximum atomic E-state index is 12.8. The number of hydrogen-bond donors (Lipinski definition) is 1. The quantitative estimate of drug-likeness (QED) is 0.696. The molecule has 0 amide bonds. The Morgan fingerprint density at radius 3 is 2.22 bits per heavy atom. The Kier molecular flexibility index (Phi) is 7.07. The Labute approximate surface area is 162 Å². The van der Waals surface area contributed by atoms with Crippen molar-refractivity contribution in [2.45, 2.75) is 45.4 Å². The molecule has 0 aliphatic heterocycles. The molecular weight excluding hydrogens is 362 g/mol. The van der Waals surface area contributed by atoms with Crippen molar-refractivity contribution in [1.29, 1.82) is 0 Å². The topological polar surface area (TPSA) is 71.5 Å². The van der Waals surface area contributed by atoms with Gasteiger partial charge in [0.15, 0.2) is 0 Å². The third kappa shape index (κ3) is 5.13. The molecule has 0 spiro atoms. The molecule has 7 heteroatoms. The number of aryl methyl sites for hydroxylation is 2. The molecular formula is C20H29N3O3S. The lowest BCUT2D eigenvalue weighted by molar-refractivity contribution is 0.402. The van der Waals surface area contributed by atoms with Gasteiger partial charge in [-0.2, -0.15) is 0 Å². The lowest BCUT2D eigenvalue weighted by Gasteiger charge is -2.22. The Hall–Kier alpha value is -2.28. The van der Waals surface area contributed by atoms with Gasteiger partial charge in [-0.1, -0.05) is 13.8 Å². The fraction of sp³-hybridized carbons (Fsp3) is 0.450. The highest BCUT2D eigenvalue weighted by Crippen LogP contribution is 2.29. The second-order valence-electron chi connectivity index (χ2n) is 6.58. The molecule has 0 aliphatic carbocycles. The highest BCUT2D eigenvalue weighted by atomic mass is 32.2. The van der Waals surface area contributed by atoms with Gasteiger partial charge in [0.05, 0.1) is 19.0 Å². The van der Waals surface area contributed by atoms with Crippen molar-refractivity contribution in [3.05, 3.63) is 41.6 Å². The van der Waals surface area contributed by atoms with Crippen LogP contribution in [-0.4, -0.2) is 33.6 Å². The Bertz CT molecular complexity index is 859. The van der Waals surface area contributed by atoms with Crippen LogP contribution in [0, 0.1) is 13.8 Å². The molecule has 0 aliphatic rings. The predicted octanol–water partition coefficient (Wildman–Crippen LogP) is 4.13. The van der Waals surface area contributed by atoms with E-state index in [1.165, 1.54) is 7.11 Å². The van der Waals surface area contributed by atoms with Crippen LogP contribution in [0.25, 0.3) is 0 Å². The van der Waals surface area contributed by atoms with E-state index in [9.17, 15) is 8.42 Å². The Morgan fingerprint density at radius 2 is 1.70 bits per heavy atom. The molecule has 1 aromatic heterocycles. The number of rotatable bonds is 9. The molecule has 0 bridgehead atoms. The van der Waals surface area contributed by atoms with Gasteiger partial charge in [0.25, 0.3) is 10.0 Å². The molecule has 0 saturated carbocycles. The van der Waals surface area contributed by atoms with Gasteiger partial charge in [-0.15, -0.1) is 0 Å². The fourth-order valence-corrected chi connectivity index (χ4v) is 4.14. The van der Waals surface area contributed by atoms with Gasteiger partial charge >= 0.3 is 0 Å². The van der Waals surface area contributed by atoms with E-state index >= 15 is 0 Å². The third-order valence-corrected chi connectivity index (χ3v) is 5.78. The Balaban J connectivity index is 2.27. The lowest BCUT2D eigenvalue weighted by Crippen LogP contribution is -2.25. The van der Waals surface area contributed by atoms with E-state index in [1.807, 2.05) is 19.9 Å². The summed E-state index contributed by atoms with van der Waals surface area (Å²) in [7, 11) is -2.31. The minimum absolute atomic E-state index is 0.121. The van der Waals surface area contributed by atoms with E-state index in [0.717, 1.165) is 42.9 Å². The van der Waals surface area contributed by atoms with E-state index in [-0.39, 0.29) is 4.90 Å². The van der Waals surface area contributed by atoms with Crippen molar-refractivity contribution < 1.29 is 13.2 Å². The highest BCUT2D eigenvalue weighted by molar-refractivity contribution is 7.92. The van der Waals surface area contributed by atoms with Gasteiger partial charge in [0.2, 0.25) is 0 Å². The van der Waals surface area contributed by atoms with Crippen LogP contribution in [-0.2, 0) is 10.0 Å². The predicted molar refractivity (Wildman–Crippen MR) is 110 cm³/mol. The average molecular weight is 392 g/mol. The number of hydrogen-bond acceptors (Lipinski definition) is 5. The smallest absolute Gasteiger partial charge is 0.265 e. The second kappa shape index (κ2) is 9.08. The maximum absolute atomic E-state index is 12.8. The molecule has 0 unspecified atom stereocenters. The first-order valence-electron chi connectivity index (χ1n) is 9.21. The van der Waals surface area contributed by atoms with Crippen LogP contribution < -0.4 is 14.4 Å². The molecule has 2 aromatic rings. The van der Waals surface area contributed by atoms with Gasteiger partial charge in [-0.25, -0.2) is 13.4 Å². The number of sulfonamides is 1. The molecule has 1 heterocycles. The first-order valence-corrected chi connectivity index (χ1v) is 10.7. The second-order valence-corrected chi connectivity index (χ2v) is 8.24. The monoisotopic (exact) mass is 391 g/mol. The van der Waals surface area contributed by atoms with Crippen molar-refractivity contribution >= 4 is 21.5 Å². The van der Waals surface area contributed by atoms with Gasteiger partial charge in [-0.05, 0) is 62.1 Å². The molecule has 0 saturated heterocycles. The first kappa shape index (κ1) is 21.0. The molecule has 148 valence electrons. The van der Waals surface area contributed by atoms with Crippen molar-refractivity contribution in [2.24, 2.45) is 0 Å². The van der Waals surface area contributed by atoms with Gasteiger partial charge in [-0.3, -0.25) is 4.72 Å². The van der Waals surface area contributed by atoms with Crippen molar-refractivity contribution in [1.82, 2.24) is 4.98 Å². The standard InChI is InChI=1S/C20H29N3O3S/c1-6-10-23(11-7-2)20-9-8-17(14-21-20)22-27(24,25)19-13-16(4)15(3)12-18(19)26-5/h8-9,12-14,22H,6-7,10-11H2,1-5H3. The van der Waals surface area contributed by atoms with Crippen molar-refractivity contribution in [2.75, 3.05) is 29.8 Å². The number of methoxy groups -OCH3 is 1. The summed E-state index contributed by atoms with van der Waals surface area (Å²) >= 11 is 0. The molecule has 1 N–H and O–H groups in total. The summed E-state index contributed by atoms with van der Waals surface area (Å²) in [5.41, 5.74) is 2.29. The SMILES string of the molecule is CCCN(CCC)c1ccc(NS(=O)(=O)c2cc(C)c(C)cc2OC)cn1. The van der Waals surface area contributed by atoms with E-state index in [0.29, 0.717) is 11.4 Å². The van der Waals surface area contributed by atoms with Gasteiger partial charge in [0.1, 0.15) is 16.5 Å². The van der Waals surface area contributed by atoms with E-state index in [4.69, 9.17) is 4.74 Å². The van der Waals surface area contributed by atoms with E-state index in [1.54, 1.807) is 24.4 Å². The lowest BCUT2D eigenvalue weighted by atomic mass is 10.1. The van der Waals surface area contributed by atoms with Gasteiger partial charge in [0, 0.05) is 13.1 Å². The van der Waals surface area contributed by atoms with Gasteiger partial charge < -0.3 is 9.64 Å². The highest BCUT2D eigenvalue weighted by Gasteiger charge is 2.21. The summed E-state index contributed by atoms with van der Waals surface area (Å²) < 4.78 is 33.5. The molecule has 27 heavy (non-hydrogen) atoms. The van der Waals surface area contributed by atoms with Crippen LogP contribution in [0.4, 0.5) is 11.5 Å². The summed E-state index contributed by atoms with van der Waals surface area (Å²) in [6.45, 7) is 9.89. The maximum Gasteiger partial charge on any atom is 0.265 e. The zero-order valence-electron chi connectivity index (χ0n) is 16.7. The minimum Gasteiger partial charge on any atom is -0.495 e. The molecule has 0 atom stereocenters. The number of benzene rings is 1. The zero-order chi connectivity index (χ0) is 20.0. The van der Waals surface area contributed by atoms with E-state index < -0.39 is 10.0 Å². The molecule has 1 aromatic carbocycles. The van der Waals surface area contributed by atoms with Crippen LogP contribution in [0.2, 0.25) is 0 Å². The van der Waals surface area contributed by atoms with Crippen molar-refractivity contribution in [3.8, 4) is 5.75 Å². The fourth-order valence-electron chi connectivity index (χ4n) is 2.86. The molecule has 6 nitrogen and oxygen atoms in total. The third-order valence-electron chi connectivity index (χ3n) is 4.38. The summed E-state index contributed by atoms with van der Waals surface area (Å²) in [6.07, 6.45) is 3.62. The number of aromatic nitrogens is 1. The molecule has 2 rings (SSSR count). The largest absolute Gasteiger partial charge is 0.495 e. The normalized spacial score (nSPS) is 11.3. The average Bonchev–Trinajstić information content (AvgIpc) is 2.63. The summed E-state index contributed by atoms with van der Waals surface area (Å²) in [5.74, 6) is 1.18. The van der Waals surface area contributed by atoms with E-state index in [2.05, 4.69) is 28.5 Å². The molecule has 0 fully saturated rings. The first-order chi connectivity index (χ1) is 12.8. The number of nitrogens with zero attached hydrogens (tertiary/aromatic N) is 2. The van der Waals surface area contributed by atoms with Crippen molar-refractivity contribution in [3.63, 3.8) is 0 Å². The van der Waals surface area contributed by atoms with Crippen LogP contribution >= 0.6 is 0 Å². The Morgan fingerprint density at radius 1 is 1.07 bits per heavy atom. The van der Waals surface area contributed by atoms with Crippen LogP contribution in [0.15, 0.2) is 35.4 Å². The van der Waals surface area contributed by atoms with Crippen LogP contribution in [0.3, 0.4) is 0 Å². The number of pyridine rings is 1. The molecule has 0 radical (unpaired) electrons. The number of nitrogens with one attached hydrogen (secondary N) is 1. The van der Waals surface area contributed by atoms with Crippen LogP contribution in [0.1, 0.15) is 37.8 Å². The van der Waals surface area contributed by atoms with Crippen LogP contribution in [0.5, 0.6) is 5.75 Å². The summed E-state index contributed by atoms with van der Waals surface area (Å²) in [4.78, 5) is 6.76. The minimum atomic E-state index is -3.78. The number of ether oxygens (including phenoxy) is 1.